The van der Waals surface area contributed by atoms with Crippen LogP contribution in [0, 0.1) is 0 Å². The van der Waals surface area contributed by atoms with Crippen LogP contribution in [0.15, 0.2) is 53.3 Å². The summed E-state index contributed by atoms with van der Waals surface area (Å²) in [7, 11) is 0. The molecule has 0 bridgehead atoms. The van der Waals surface area contributed by atoms with Crippen LogP contribution in [0.1, 0.15) is 6.42 Å². The number of pyridine rings is 1. The van der Waals surface area contributed by atoms with Gasteiger partial charge in [0.2, 0.25) is 5.82 Å². The molecule has 0 radical (unpaired) electrons. The van der Waals surface area contributed by atoms with Gasteiger partial charge in [0.05, 0.1) is 0 Å². The standard InChI is InChI=1S/C17H15N5O2/c23-17-19-7-2-10-22(17)14-4-1-3-13(11-14)16-20-15(21-24-16)12-5-8-18-9-6-12/h1,3-6,8-9,11H,2,7,10H2,(H,19,23). The maximum Gasteiger partial charge on any atom is 0.321 e. The Balaban J connectivity index is 1.64. The topological polar surface area (TPSA) is 84.2 Å². The zero-order valence-electron chi connectivity index (χ0n) is 12.8. The molecule has 7 nitrogen and oxygen atoms in total. The first-order valence-corrected chi connectivity index (χ1v) is 7.71. The molecule has 0 unspecified atom stereocenters. The molecule has 0 atom stereocenters. The summed E-state index contributed by atoms with van der Waals surface area (Å²) in [6.45, 7) is 1.41. The zero-order valence-corrected chi connectivity index (χ0v) is 12.8. The fraction of sp³-hybridized carbons (Fsp3) is 0.176. The van der Waals surface area contributed by atoms with Gasteiger partial charge in [0, 0.05) is 42.3 Å². The molecule has 3 aromatic rings. The Morgan fingerprint density at radius 2 is 2.00 bits per heavy atom. The number of rotatable bonds is 3. The van der Waals surface area contributed by atoms with E-state index in [0.29, 0.717) is 24.8 Å². The fourth-order valence-corrected chi connectivity index (χ4v) is 2.64. The number of nitrogens with one attached hydrogen (secondary N) is 1. The number of benzene rings is 1. The molecule has 0 saturated carbocycles. The van der Waals surface area contributed by atoms with Gasteiger partial charge in [0.1, 0.15) is 0 Å². The monoisotopic (exact) mass is 321 g/mol. The third-order valence-electron chi connectivity index (χ3n) is 3.85. The second-order valence-electron chi connectivity index (χ2n) is 5.45. The van der Waals surface area contributed by atoms with Crippen LogP contribution in [0.3, 0.4) is 0 Å². The van der Waals surface area contributed by atoms with E-state index in [9.17, 15) is 4.79 Å². The van der Waals surface area contributed by atoms with Crippen molar-refractivity contribution >= 4 is 11.7 Å². The number of anilines is 1. The molecule has 1 aliphatic heterocycles. The molecule has 0 spiro atoms. The fourth-order valence-electron chi connectivity index (χ4n) is 2.64. The number of carbonyl (C=O) groups is 1. The minimum atomic E-state index is -0.0820. The second-order valence-corrected chi connectivity index (χ2v) is 5.45. The summed E-state index contributed by atoms with van der Waals surface area (Å²) in [4.78, 5) is 22.1. The smallest absolute Gasteiger partial charge is 0.321 e. The minimum absolute atomic E-state index is 0.0820. The van der Waals surface area contributed by atoms with Crippen molar-refractivity contribution < 1.29 is 9.32 Å². The minimum Gasteiger partial charge on any atom is -0.338 e. The molecule has 120 valence electrons. The molecule has 4 rings (SSSR count). The van der Waals surface area contributed by atoms with Crippen molar-refractivity contribution in [3.8, 4) is 22.8 Å². The van der Waals surface area contributed by atoms with Gasteiger partial charge in [-0.3, -0.25) is 9.88 Å². The molecular formula is C17H15N5O2. The molecule has 1 saturated heterocycles. The van der Waals surface area contributed by atoms with E-state index in [1.807, 2.05) is 36.4 Å². The van der Waals surface area contributed by atoms with E-state index in [0.717, 1.165) is 23.2 Å². The number of hydrogen-bond acceptors (Lipinski definition) is 5. The normalized spacial score (nSPS) is 14.5. The lowest BCUT2D eigenvalue weighted by Gasteiger charge is -2.27. The molecule has 0 aliphatic carbocycles. The summed E-state index contributed by atoms with van der Waals surface area (Å²) in [5.74, 6) is 0.926. The highest BCUT2D eigenvalue weighted by atomic mass is 16.5. The van der Waals surface area contributed by atoms with Crippen LogP contribution in [-0.2, 0) is 0 Å². The number of nitrogens with zero attached hydrogens (tertiary/aromatic N) is 4. The Morgan fingerprint density at radius 1 is 1.12 bits per heavy atom. The van der Waals surface area contributed by atoms with E-state index in [1.54, 1.807) is 17.3 Å². The molecule has 2 amide bonds. The molecule has 1 fully saturated rings. The van der Waals surface area contributed by atoms with Crippen LogP contribution >= 0.6 is 0 Å². The van der Waals surface area contributed by atoms with Gasteiger partial charge >= 0.3 is 6.03 Å². The number of carbonyl (C=O) groups excluding carboxylic acids is 1. The summed E-state index contributed by atoms with van der Waals surface area (Å²) in [5.41, 5.74) is 2.43. The summed E-state index contributed by atoms with van der Waals surface area (Å²) in [6.07, 6.45) is 4.28. The average molecular weight is 321 g/mol. The second kappa shape index (κ2) is 6.11. The Hall–Kier alpha value is -3.22. The number of aromatic nitrogens is 3. The maximum absolute atomic E-state index is 12.0. The van der Waals surface area contributed by atoms with Gasteiger partial charge in [-0.25, -0.2) is 4.79 Å². The third kappa shape index (κ3) is 2.71. The predicted octanol–water partition coefficient (Wildman–Crippen LogP) is 2.72. The first-order valence-electron chi connectivity index (χ1n) is 7.71. The Kier molecular flexibility index (Phi) is 3.66. The summed E-state index contributed by atoms with van der Waals surface area (Å²) < 4.78 is 5.37. The van der Waals surface area contributed by atoms with Crippen molar-refractivity contribution in [2.45, 2.75) is 6.42 Å². The number of amides is 2. The van der Waals surface area contributed by atoms with Crippen molar-refractivity contribution in [1.29, 1.82) is 0 Å². The van der Waals surface area contributed by atoms with Gasteiger partial charge < -0.3 is 9.84 Å². The van der Waals surface area contributed by atoms with E-state index < -0.39 is 0 Å². The first kappa shape index (κ1) is 14.4. The molecule has 1 aliphatic rings. The molecule has 2 aromatic heterocycles. The van der Waals surface area contributed by atoms with Crippen LogP contribution in [-0.4, -0.2) is 34.2 Å². The number of urea groups is 1. The van der Waals surface area contributed by atoms with Crippen LogP contribution in [0.5, 0.6) is 0 Å². The van der Waals surface area contributed by atoms with Crippen LogP contribution in [0.25, 0.3) is 22.8 Å². The van der Waals surface area contributed by atoms with E-state index in [2.05, 4.69) is 20.4 Å². The lowest BCUT2D eigenvalue weighted by molar-refractivity contribution is 0.243. The lowest BCUT2D eigenvalue weighted by atomic mass is 10.1. The Bertz CT molecular complexity index is 862. The quantitative estimate of drug-likeness (QED) is 0.802. The highest BCUT2D eigenvalue weighted by Gasteiger charge is 2.20. The van der Waals surface area contributed by atoms with E-state index in [4.69, 9.17) is 4.52 Å². The number of hydrogen-bond donors (Lipinski definition) is 1. The van der Waals surface area contributed by atoms with Crippen molar-refractivity contribution in [1.82, 2.24) is 20.4 Å². The largest absolute Gasteiger partial charge is 0.338 e. The van der Waals surface area contributed by atoms with Crippen molar-refractivity contribution in [3.05, 3.63) is 48.8 Å². The van der Waals surface area contributed by atoms with Gasteiger partial charge in [-0.15, -0.1) is 0 Å². The first-order chi connectivity index (χ1) is 11.8. The van der Waals surface area contributed by atoms with Gasteiger partial charge in [0.25, 0.3) is 5.89 Å². The van der Waals surface area contributed by atoms with Crippen LogP contribution in [0.4, 0.5) is 10.5 Å². The molecular weight excluding hydrogens is 306 g/mol. The summed E-state index contributed by atoms with van der Waals surface area (Å²) in [5, 5.41) is 6.86. The predicted molar refractivity (Wildman–Crippen MR) is 88.3 cm³/mol. The van der Waals surface area contributed by atoms with Gasteiger partial charge in [-0.05, 0) is 36.8 Å². The van der Waals surface area contributed by atoms with E-state index in [1.165, 1.54) is 0 Å². The SMILES string of the molecule is O=C1NCCCN1c1cccc(-c2nc(-c3ccncc3)no2)c1. The van der Waals surface area contributed by atoms with E-state index in [-0.39, 0.29) is 6.03 Å². The highest BCUT2D eigenvalue weighted by molar-refractivity contribution is 5.93. The molecule has 1 aromatic carbocycles. The molecule has 3 heterocycles. The van der Waals surface area contributed by atoms with Gasteiger partial charge in [0.15, 0.2) is 0 Å². The summed E-state index contributed by atoms with van der Waals surface area (Å²) in [6, 6.07) is 11.1. The average Bonchev–Trinajstić information content (AvgIpc) is 3.13. The summed E-state index contributed by atoms with van der Waals surface area (Å²) >= 11 is 0. The zero-order chi connectivity index (χ0) is 16.4. The molecule has 1 N–H and O–H groups in total. The highest BCUT2D eigenvalue weighted by Crippen LogP contribution is 2.26. The van der Waals surface area contributed by atoms with Crippen molar-refractivity contribution in [2.75, 3.05) is 18.0 Å². The van der Waals surface area contributed by atoms with Gasteiger partial charge in [-0.1, -0.05) is 11.2 Å². The Labute approximate surface area is 138 Å². The molecule has 24 heavy (non-hydrogen) atoms. The molecule has 7 heteroatoms. The van der Waals surface area contributed by atoms with Crippen LogP contribution < -0.4 is 10.2 Å². The lowest BCUT2D eigenvalue weighted by Crippen LogP contribution is -2.46. The van der Waals surface area contributed by atoms with Gasteiger partial charge in [-0.2, -0.15) is 4.98 Å². The van der Waals surface area contributed by atoms with E-state index >= 15 is 0 Å². The van der Waals surface area contributed by atoms with Crippen LogP contribution in [0.2, 0.25) is 0 Å². The maximum atomic E-state index is 12.0. The van der Waals surface area contributed by atoms with Crippen molar-refractivity contribution in [2.24, 2.45) is 0 Å². The Morgan fingerprint density at radius 3 is 2.83 bits per heavy atom. The van der Waals surface area contributed by atoms with Crippen molar-refractivity contribution in [3.63, 3.8) is 0 Å². The third-order valence-corrected chi connectivity index (χ3v) is 3.85.